The van der Waals surface area contributed by atoms with Gasteiger partial charge in [-0.1, -0.05) is 24.0 Å². The molecule has 1 aromatic carbocycles. The van der Waals surface area contributed by atoms with Crippen LogP contribution in [0.15, 0.2) is 29.2 Å². The highest BCUT2D eigenvalue weighted by molar-refractivity contribution is 8.26. The van der Waals surface area contributed by atoms with E-state index in [-0.39, 0.29) is 5.91 Å². The topological polar surface area (TPSA) is 63.7 Å². The van der Waals surface area contributed by atoms with E-state index in [1.807, 2.05) is 30.3 Å². The summed E-state index contributed by atoms with van der Waals surface area (Å²) in [4.78, 5) is 19.7. The van der Waals surface area contributed by atoms with Gasteiger partial charge in [0.2, 0.25) is 0 Å². The molecule has 0 bridgehead atoms. The predicted molar refractivity (Wildman–Crippen MR) is 108 cm³/mol. The average molecular weight is 387 g/mol. The Hall–Kier alpha value is -2.16. The molecule has 6 nitrogen and oxygen atoms in total. The highest BCUT2D eigenvalue weighted by atomic mass is 32.2. The highest BCUT2D eigenvalue weighted by Crippen LogP contribution is 2.32. The number of hydrogen-bond acceptors (Lipinski definition) is 7. The van der Waals surface area contributed by atoms with Gasteiger partial charge in [-0.15, -0.1) is 0 Å². The number of morpholine rings is 1. The monoisotopic (exact) mass is 387 g/mol. The molecule has 0 saturated carbocycles. The number of nitrogens with zero attached hydrogens (tertiary/aromatic N) is 2. The van der Waals surface area contributed by atoms with Crippen molar-refractivity contribution >= 4 is 57.0 Å². The summed E-state index contributed by atoms with van der Waals surface area (Å²) < 4.78 is 11.3. The number of amides is 1. The van der Waals surface area contributed by atoms with E-state index in [1.165, 1.54) is 11.8 Å². The lowest BCUT2D eigenvalue weighted by molar-refractivity contribution is -0.115. The zero-order valence-electron chi connectivity index (χ0n) is 14.2. The average Bonchev–Trinajstić information content (AvgIpc) is 2.98. The van der Waals surface area contributed by atoms with Crippen molar-refractivity contribution in [1.82, 2.24) is 10.3 Å². The zero-order valence-corrected chi connectivity index (χ0v) is 15.8. The van der Waals surface area contributed by atoms with E-state index in [0.717, 1.165) is 41.1 Å². The third-order valence-electron chi connectivity index (χ3n) is 4.27. The Labute approximate surface area is 160 Å². The molecule has 1 N–H and O–H groups in total. The first-order valence-corrected chi connectivity index (χ1v) is 9.43. The Morgan fingerprint density at radius 1 is 1.35 bits per heavy atom. The van der Waals surface area contributed by atoms with E-state index < -0.39 is 0 Å². The first-order valence-electron chi connectivity index (χ1n) is 8.20. The van der Waals surface area contributed by atoms with Crippen molar-refractivity contribution < 1.29 is 14.3 Å². The number of aromatic nitrogens is 1. The van der Waals surface area contributed by atoms with Gasteiger partial charge in [-0.2, -0.15) is 0 Å². The van der Waals surface area contributed by atoms with Gasteiger partial charge in [0.15, 0.2) is 0 Å². The number of nitrogens with one attached hydrogen (secondary N) is 1. The minimum absolute atomic E-state index is 0.168. The van der Waals surface area contributed by atoms with Crippen LogP contribution in [0.3, 0.4) is 0 Å². The largest absolute Gasteiger partial charge is 0.497 e. The van der Waals surface area contributed by atoms with Gasteiger partial charge < -0.3 is 19.7 Å². The first-order chi connectivity index (χ1) is 12.6. The number of ether oxygens (including phenoxy) is 2. The van der Waals surface area contributed by atoms with Gasteiger partial charge in [-0.25, -0.2) is 4.98 Å². The number of methoxy groups -OCH3 is 1. The van der Waals surface area contributed by atoms with E-state index in [9.17, 15) is 4.79 Å². The molecule has 2 aliphatic rings. The Kier molecular flexibility index (Phi) is 4.80. The summed E-state index contributed by atoms with van der Waals surface area (Å²) in [7, 11) is 1.64. The van der Waals surface area contributed by atoms with Gasteiger partial charge in [0, 0.05) is 24.0 Å². The van der Waals surface area contributed by atoms with E-state index in [2.05, 4.69) is 10.2 Å². The second kappa shape index (κ2) is 7.22. The maximum absolute atomic E-state index is 12.1. The van der Waals surface area contributed by atoms with E-state index in [4.69, 9.17) is 26.7 Å². The number of pyridine rings is 1. The minimum Gasteiger partial charge on any atom is -0.497 e. The predicted octanol–water partition coefficient (Wildman–Crippen LogP) is 2.57. The zero-order chi connectivity index (χ0) is 18.1. The number of benzene rings is 1. The number of rotatable bonds is 3. The van der Waals surface area contributed by atoms with Gasteiger partial charge in [-0.3, -0.25) is 4.79 Å². The quantitative estimate of drug-likeness (QED) is 0.641. The SMILES string of the molecule is COc1ccc2nc(N3CCOCC3)c(/C=C3/SC(=S)NC3=O)cc2c1. The van der Waals surface area contributed by atoms with Crippen LogP contribution in [0.1, 0.15) is 5.56 Å². The fourth-order valence-corrected chi connectivity index (χ4v) is 4.02. The molecule has 1 aromatic heterocycles. The van der Waals surface area contributed by atoms with Crippen LogP contribution in [-0.2, 0) is 9.53 Å². The summed E-state index contributed by atoms with van der Waals surface area (Å²) in [6.07, 6.45) is 1.86. The normalized spacial score (nSPS) is 19.3. The lowest BCUT2D eigenvalue weighted by Gasteiger charge is -2.29. The van der Waals surface area contributed by atoms with Crippen LogP contribution in [0, 0.1) is 0 Å². The molecule has 3 heterocycles. The molecule has 0 atom stereocenters. The number of thiocarbonyl (C=S) groups is 1. The molecule has 0 aliphatic carbocycles. The molecule has 2 aliphatic heterocycles. The van der Waals surface area contributed by atoms with Crippen molar-refractivity contribution in [2.75, 3.05) is 38.3 Å². The van der Waals surface area contributed by atoms with Crippen LogP contribution in [0.2, 0.25) is 0 Å². The van der Waals surface area contributed by atoms with E-state index in [0.29, 0.717) is 22.4 Å². The molecule has 2 saturated heterocycles. The summed E-state index contributed by atoms with van der Waals surface area (Å²) in [5.74, 6) is 1.45. The Bertz CT molecular complexity index is 923. The molecule has 0 radical (unpaired) electrons. The number of carbonyl (C=O) groups excluding carboxylic acids is 1. The lowest BCUT2D eigenvalue weighted by Crippen LogP contribution is -2.37. The number of anilines is 1. The third-order valence-corrected chi connectivity index (χ3v) is 5.43. The molecular weight excluding hydrogens is 370 g/mol. The number of thioether (sulfide) groups is 1. The lowest BCUT2D eigenvalue weighted by atomic mass is 10.1. The van der Waals surface area contributed by atoms with Crippen LogP contribution in [0.5, 0.6) is 5.75 Å². The van der Waals surface area contributed by atoms with Crippen LogP contribution < -0.4 is 15.0 Å². The molecular formula is C18H17N3O3S2. The minimum atomic E-state index is -0.168. The summed E-state index contributed by atoms with van der Waals surface area (Å²) in [6.45, 7) is 2.86. The highest BCUT2D eigenvalue weighted by Gasteiger charge is 2.24. The van der Waals surface area contributed by atoms with E-state index >= 15 is 0 Å². The van der Waals surface area contributed by atoms with Crippen molar-refractivity contribution in [3.8, 4) is 5.75 Å². The first kappa shape index (κ1) is 17.3. The Balaban J connectivity index is 1.84. The Morgan fingerprint density at radius 3 is 2.85 bits per heavy atom. The van der Waals surface area contributed by atoms with Crippen LogP contribution in [0.25, 0.3) is 17.0 Å². The second-order valence-electron chi connectivity index (χ2n) is 5.91. The summed E-state index contributed by atoms with van der Waals surface area (Å²) >= 11 is 6.36. The summed E-state index contributed by atoms with van der Waals surface area (Å²) in [6, 6.07) is 7.83. The maximum Gasteiger partial charge on any atom is 0.263 e. The van der Waals surface area contributed by atoms with Gasteiger partial charge in [0.1, 0.15) is 15.9 Å². The Morgan fingerprint density at radius 2 is 2.15 bits per heavy atom. The standard InChI is InChI=1S/C18H17N3O3S2/c1-23-13-2-3-14-11(9-13)8-12(10-15-17(22)20-18(25)26-15)16(19-14)21-4-6-24-7-5-21/h2-3,8-10H,4-7H2,1H3,(H,20,22,25)/b15-10+. The maximum atomic E-state index is 12.1. The molecule has 26 heavy (non-hydrogen) atoms. The molecule has 134 valence electrons. The van der Waals surface area contributed by atoms with Crippen LogP contribution >= 0.6 is 24.0 Å². The summed E-state index contributed by atoms with van der Waals surface area (Å²) in [5.41, 5.74) is 1.77. The molecule has 1 amide bonds. The van der Waals surface area contributed by atoms with Gasteiger partial charge in [-0.05, 0) is 30.3 Å². The molecule has 8 heteroatoms. The third kappa shape index (κ3) is 3.40. The van der Waals surface area contributed by atoms with Gasteiger partial charge in [0.05, 0.1) is 30.7 Å². The van der Waals surface area contributed by atoms with Crippen molar-refractivity contribution in [3.63, 3.8) is 0 Å². The molecule has 2 fully saturated rings. The molecule has 4 rings (SSSR count). The van der Waals surface area contributed by atoms with Gasteiger partial charge in [0.25, 0.3) is 5.91 Å². The fraction of sp³-hybridized carbons (Fsp3) is 0.278. The summed E-state index contributed by atoms with van der Waals surface area (Å²) in [5, 5.41) is 3.61. The van der Waals surface area contributed by atoms with Crippen LogP contribution in [0.4, 0.5) is 5.82 Å². The smallest absolute Gasteiger partial charge is 0.263 e. The molecule has 2 aromatic rings. The number of carbonyl (C=O) groups is 1. The van der Waals surface area contributed by atoms with Crippen molar-refractivity contribution in [2.45, 2.75) is 0 Å². The second-order valence-corrected chi connectivity index (χ2v) is 7.63. The van der Waals surface area contributed by atoms with Gasteiger partial charge >= 0.3 is 0 Å². The van der Waals surface area contributed by atoms with Crippen molar-refractivity contribution in [1.29, 1.82) is 0 Å². The molecule has 0 spiro atoms. The van der Waals surface area contributed by atoms with Crippen molar-refractivity contribution in [3.05, 3.63) is 34.7 Å². The number of hydrogen-bond donors (Lipinski definition) is 1. The fourth-order valence-electron chi connectivity index (χ4n) is 2.98. The number of fused-ring (bicyclic) bond motifs is 1. The van der Waals surface area contributed by atoms with Crippen molar-refractivity contribution in [2.24, 2.45) is 0 Å². The molecule has 0 unspecified atom stereocenters. The van der Waals surface area contributed by atoms with Crippen LogP contribution in [-0.4, -0.2) is 48.6 Å². The van der Waals surface area contributed by atoms with E-state index in [1.54, 1.807) is 7.11 Å².